The van der Waals surface area contributed by atoms with Gasteiger partial charge in [0.25, 0.3) is 0 Å². The molecule has 0 atom stereocenters. The summed E-state index contributed by atoms with van der Waals surface area (Å²) >= 11 is 5.77. The molecular weight excluding hydrogens is 226 g/mol. The van der Waals surface area contributed by atoms with Crippen LogP contribution in [0.1, 0.15) is 5.56 Å². The molecule has 1 aromatic carbocycles. The maximum absolute atomic E-state index is 5.77. The van der Waals surface area contributed by atoms with Crippen LogP contribution in [0, 0.1) is 6.92 Å². The molecule has 0 spiro atoms. The van der Waals surface area contributed by atoms with Crippen LogP contribution in [0.4, 0.5) is 5.95 Å². The molecule has 0 saturated carbocycles. The first kappa shape index (κ1) is 10.7. The van der Waals surface area contributed by atoms with Crippen molar-refractivity contribution < 1.29 is 4.74 Å². The zero-order valence-electron chi connectivity index (χ0n) is 8.64. The number of nitrogens with zero attached hydrogens (tertiary/aromatic N) is 2. The Hall–Kier alpha value is -1.81. The molecule has 1 heterocycles. The van der Waals surface area contributed by atoms with Crippen LogP contribution >= 0.6 is 11.6 Å². The summed E-state index contributed by atoms with van der Waals surface area (Å²) in [5.41, 5.74) is 6.31. The Morgan fingerprint density at radius 3 is 2.62 bits per heavy atom. The molecule has 0 bridgehead atoms. The van der Waals surface area contributed by atoms with E-state index in [0.29, 0.717) is 16.7 Å². The van der Waals surface area contributed by atoms with Crippen LogP contribution in [0.2, 0.25) is 5.02 Å². The van der Waals surface area contributed by atoms with Gasteiger partial charge < -0.3 is 10.5 Å². The molecule has 0 aliphatic carbocycles. The lowest BCUT2D eigenvalue weighted by Crippen LogP contribution is -1.98. The summed E-state index contributed by atoms with van der Waals surface area (Å²) in [4.78, 5) is 7.86. The van der Waals surface area contributed by atoms with E-state index < -0.39 is 0 Å². The van der Waals surface area contributed by atoms with Gasteiger partial charge in [0, 0.05) is 16.8 Å². The largest absolute Gasteiger partial charge is 0.439 e. The molecule has 4 nitrogen and oxygen atoms in total. The number of halogens is 1. The molecule has 5 heteroatoms. The molecule has 0 amide bonds. The maximum Gasteiger partial charge on any atom is 0.226 e. The second-order valence-corrected chi connectivity index (χ2v) is 3.71. The monoisotopic (exact) mass is 235 g/mol. The van der Waals surface area contributed by atoms with Gasteiger partial charge in [-0.3, -0.25) is 0 Å². The third-order valence-corrected chi connectivity index (χ3v) is 2.22. The minimum atomic E-state index is 0.189. The van der Waals surface area contributed by atoms with Crippen molar-refractivity contribution in [2.24, 2.45) is 0 Å². The maximum atomic E-state index is 5.77. The number of aryl methyl sites for hydroxylation is 1. The van der Waals surface area contributed by atoms with Gasteiger partial charge in [0.1, 0.15) is 5.75 Å². The Balaban J connectivity index is 2.26. The predicted molar refractivity (Wildman–Crippen MR) is 62.7 cm³/mol. The van der Waals surface area contributed by atoms with Gasteiger partial charge in [-0.1, -0.05) is 11.6 Å². The average molecular weight is 236 g/mol. The molecule has 0 aliphatic rings. The third-order valence-electron chi connectivity index (χ3n) is 1.97. The number of nitrogens with two attached hydrogens (primary N) is 1. The van der Waals surface area contributed by atoms with E-state index in [1.807, 2.05) is 6.92 Å². The van der Waals surface area contributed by atoms with E-state index in [0.717, 1.165) is 5.56 Å². The van der Waals surface area contributed by atoms with Crippen LogP contribution in [0.15, 0.2) is 30.5 Å². The summed E-state index contributed by atoms with van der Waals surface area (Å²) in [6.07, 6.45) is 1.62. The minimum Gasteiger partial charge on any atom is -0.439 e. The number of benzene rings is 1. The molecule has 0 saturated heterocycles. The molecule has 16 heavy (non-hydrogen) atoms. The summed E-state index contributed by atoms with van der Waals surface area (Å²) in [6, 6.07) is 7.02. The van der Waals surface area contributed by atoms with Crippen LogP contribution in [-0.2, 0) is 0 Å². The van der Waals surface area contributed by atoms with Crippen LogP contribution in [0.5, 0.6) is 11.6 Å². The number of aromatic nitrogens is 2. The van der Waals surface area contributed by atoms with Gasteiger partial charge in [-0.15, -0.1) is 0 Å². The number of rotatable bonds is 2. The van der Waals surface area contributed by atoms with Crippen LogP contribution in [0.3, 0.4) is 0 Å². The summed E-state index contributed by atoms with van der Waals surface area (Å²) in [7, 11) is 0. The Morgan fingerprint density at radius 1 is 1.25 bits per heavy atom. The molecular formula is C11H10ClN3O. The van der Waals surface area contributed by atoms with Crippen molar-refractivity contribution in [2.75, 3.05) is 5.73 Å². The van der Waals surface area contributed by atoms with E-state index in [1.165, 1.54) is 0 Å². The van der Waals surface area contributed by atoms with Gasteiger partial charge in [0.15, 0.2) is 0 Å². The van der Waals surface area contributed by atoms with Gasteiger partial charge in [0.05, 0.1) is 0 Å². The molecule has 0 aliphatic heterocycles. The van der Waals surface area contributed by atoms with Gasteiger partial charge in [-0.25, -0.2) is 4.98 Å². The van der Waals surface area contributed by atoms with E-state index in [9.17, 15) is 0 Å². The number of ether oxygens (including phenoxy) is 1. The normalized spacial score (nSPS) is 10.1. The van der Waals surface area contributed by atoms with Crippen molar-refractivity contribution in [1.82, 2.24) is 9.97 Å². The van der Waals surface area contributed by atoms with Crippen LogP contribution < -0.4 is 10.5 Å². The fraction of sp³-hybridized carbons (Fsp3) is 0.0909. The fourth-order valence-electron chi connectivity index (χ4n) is 1.16. The molecule has 2 N–H and O–H groups in total. The summed E-state index contributed by atoms with van der Waals surface area (Å²) in [6.45, 7) is 1.85. The van der Waals surface area contributed by atoms with Crippen molar-refractivity contribution in [3.63, 3.8) is 0 Å². The second-order valence-electron chi connectivity index (χ2n) is 3.27. The Bertz CT molecular complexity index is 499. The SMILES string of the molecule is Cc1cnc(N)nc1Oc1ccc(Cl)cc1. The Morgan fingerprint density at radius 2 is 1.94 bits per heavy atom. The summed E-state index contributed by atoms with van der Waals surface area (Å²) in [5, 5.41) is 0.659. The lowest BCUT2D eigenvalue weighted by molar-refractivity contribution is 0.458. The third kappa shape index (κ3) is 2.41. The number of nitrogen functional groups attached to an aromatic ring is 1. The first-order valence-electron chi connectivity index (χ1n) is 4.67. The van der Waals surface area contributed by atoms with E-state index in [4.69, 9.17) is 22.1 Å². The molecule has 2 rings (SSSR count). The minimum absolute atomic E-state index is 0.189. The van der Waals surface area contributed by atoms with Crippen molar-refractivity contribution in [2.45, 2.75) is 6.92 Å². The highest BCUT2D eigenvalue weighted by Gasteiger charge is 2.04. The molecule has 0 unspecified atom stereocenters. The number of hydrogen-bond acceptors (Lipinski definition) is 4. The molecule has 82 valence electrons. The molecule has 0 radical (unpaired) electrons. The fourth-order valence-corrected chi connectivity index (χ4v) is 1.28. The Kier molecular flexibility index (Phi) is 2.92. The molecule has 1 aromatic heterocycles. The first-order chi connectivity index (χ1) is 7.65. The van der Waals surface area contributed by atoms with Crippen molar-refractivity contribution in [3.8, 4) is 11.6 Å². The topological polar surface area (TPSA) is 61.0 Å². The van der Waals surface area contributed by atoms with Gasteiger partial charge in [0.2, 0.25) is 11.8 Å². The number of hydrogen-bond donors (Lipinski definition) is 1. The highest BCUT2D eigenvalue weighted by atomic mass is 35.5. The van der Waals surface area contributed by atoms with E-state index in [1.54, 1.807) is 30.5 Å². The van der Waals surface area contributed by atoms with E-state index in [2.05, 4.69) is 9.97 Å². The lowest BCUT2D eigenvalue weighted by atomic mass is 10.3. The van der Waals surface area contributed by atoms with Crippen molar-refractivity contribution >= 4 is 17.5 Å². The van der Waals surface area contributed by atoms with Gasteiger partial charge in [-0.05, 0) is 31.2 Å². The highest BCUT2D eigenvalue weighted by Crippen LogP contribution is 2.23. The van der Waals surface area contributed by atoms with Gasteiger partial charge >= 0.3 is 0 Å². The van der Waals surface area contributed by atoms with Crippen LogP contribution in [-0.4, -0.2) is 9.97 Å². The predicted octanol–water partition coefficient (Wildman–Crippen LogP) is 2.81. The highest BCUT2D eigenvalue weighted by molar-refractivity contribution is 6.30. The standard InChI is InChI=1S/C11H10ClN3O/c1-7-6-14-11(13)15-10(7)16-9-4-2-8(12)3-5-9/h2-6H,1H3,(H2,13,14,15). The van der Waals surface area contributed by atoms with Crippen LogP contribution in [0.25, 0.3) is 0 Å². The van der Waals surface area contributed by atoms with E-state index in [-0.39, 0.29) is 5.95 Å². The first-order valence-corrected chi connectivity index (χ1v) is 5.05. The molecule has 0 fully saturated rings. The smallest absolute Gasteiger partial charge is 0.226 e. The summed E-state index contributed by atoms with van der Waals surface area (Å²) < 4.78 is 5.56. The molecule has 2 aromatic rings. The van der Waals surface area contributed by atoms with Crippen molar-refractivity contribution in [1.29, 1.82) is 0 Å². The van der Waals surface area contributed by atoms with Gasteiger partial charge in [-0.2, -0.15) is 4.98 Å². The Labute approximate surface area is 98.0 Å². The van der Waals surface area contributed by atoms with E-state index >= 15 is 0 Å². The average Bonchev–Trinajstić information content (AvgIpc) is 2.27. The quantitative estimate of drug-likeness (QED) is 0.870. The zero-order chi connectivity index (χ0) is 11.5. The second kappa shape index (κ2) is 4.37. The lowest BCUT2D eigenvalue weighted by Gasteiger charge is -2.07. The van der Waals surface area contributed by atoms with Crippen molar-refractivity contribution in [3.05, 3.63) is 41.0 Å². The zero-order valence-corrected chi connectivity index (χ0v) is 9.40. The number of anilines is 1. The summed E-state index contributed by atoms with van der Waals surface area (Å²) in [5.74, 6) is 1.30.